The highest BCUT2D eigenvalue weighted by molar-refractivity contribution is 5.87. The fraction of sp³-hybridized carbons (Fsp3) is 0.500. The monoisotopic (exact) mass is 399 g/mol. The second-order valence-electron chi connectivity index (χ2n) is 7.21. The minimum atomic E-state index is -0.789. The summed E-state index contributed by atoms with van der Waals surface area (Å²) >= 11 is 0. The highest BCUT2D eigenvalue weighted by atomic mass is 16.3. The highest BCUT2D eigenvalue weighted by Gasteiger charge is 2.14. The van der Waals surface area contributed by atoms with E-state index in [1.807, 2.05) is 25.2 Å². The van der Waals surface area contributed by atoms with Gasteiger partial charge in [-0.05, 0) is 25.7 Å². The van der Waals surface area contributed by atoms with Gasteiger partial charge in [0.15, 0.2) is 0 Å². The van der Waals surface area contributed by atoms with E-state index < -0.39 is 6.23 Å². The fourth-order valence-electron chi connectivity index (χ4n) is 2.49. The standard InChI is InChI=1S/C26H41NO2/c1-4-6-8-9-10-11-12-13-14-15-16-17-18-19-21-23-25(28)27-26(29)24(3)22-20-7-5-2/h8-13,16-19,21,23-24,26,29H,4-7,14-15,20,22H2,1-3H3,(H,27,28). The summed E-state index contributed by atoms with van der Waals surface area (Å²) < 4.78 is 0. The number of rotatable bonds is 16. The molecule has 0 spiro atoms. The molecule has 1 amide bonds. The van der Waals surface area contributed by atoms with E-state index in [2.05, 4.69) is 61.7 Å². The largest absolute Gasteiger partial charge is 0.373 e. The van der Waals surface area contributed by atoms with Crippen molar-refractivity contribution in [2.45, 2.75) is 78.4 Å². The summed E-state index contributed by atoms with van der Waals surface area (Å²) in [7, 11) is 0. The van der Waals surface area contributed by atoms with E-state index in [0.29, 0.717) is 0 Å². The van der Waals surface area contributed by atoms with Gasteiger partial charge in [0.25, 0.3) is 0 Å². The lowest BCUT2D eigenvalue weighted by atomic mass is 10.0. The van der Waals surface area contributed by atoms with Gasteiger partial charge in [-0.1, -0.05) is 113 Å². The van der Waals surface area contributed by atoms with Crippen LogP contribution < -0.4 is 5.32 Å². The van der Waals surface area contributed by atoms with E-state index in [9.17, 15) is 9.90 Å². The number of carbonyl (C=O) groups excluding carboxylic acids is 1. The number of aliphatic hydroxyl groups excluding tert-OH is 1. The van der Waals surface area contributed by atoms with Gasteiger partial charge in [0.1, 0.15) is 6.23 Å². The zero-order valence-electron chi connectivity index (χ0n) is 18.6. The Morgan fingerprint density at radius 1 is 0.793 bits per heavy atom. The molecule has 0 bridgehead atoms. The molecule has 3 heteroatoms. The van der Waals surface area contributed by atoms with Crippen molar-refractivity contribution in [3.8, 4) is 0 Å². The van der Waals surface area contributed by atoms with Crippen LogP contribution in [0.15, 0.2) is 72.9 Å². The van der Waals surface area contributed by atoms with E-state index in [-0.39, 0.29) is 11.8 Å². The molecule has 0 rings (SSSR count). The number of unbranched alkanes of at least 4 members (excludes halogenated alkanes) is 4. The summed E-state index contributed by atoms with van der Waals surface area (Å²) in [6.45, 7) is 6.29. The minimum absolute atomic E-state index is 0.0689. The SMILES string of the molecule is CCCC=CC=CC=CCCC=CC=CC=CC(=O)NC(O)C(C)CCCCC. The molecule has 0 aliphatic rings. The van der Waals surface area contributed by atoms with Crippen LogP contribution in [0.4, 0.5) is 0 Å². The van der Waals surface area contributed by atoms with Gasteiger partial charge in [-0.2, -0.15) is 0 Å². The number of aliphatic hydroxyl groups is 1. The quantitative estimate of drug-likeness (QED) is 0.134. The lowest BCUT2D eigenvalue weighted by Gasteiger charge is -2.19. The zero-order valence-corrected chi connectivity index (χ0v) is 18.6. The van der Waals surface area contributed by atoms with Gasteiger partial charge in [-0.3, -0.25) is 4.79 Å². The molecule has 2 unspecified atom stereocenters. The summed E-state index contributed by atoms with van der Waals surface area (Å²) in [5, 5.41) is 12.6. The zero-order chi connectivity index (χ0) is 21.6. The second kappa shape index (κ2) is 20.6. The van der Waals surface area contributed by atoms with Crippen LogP contribution in [-0.2, 0) is 4.79 Å². The molecule has 0 aromatic carbocycles. The van der Waals surface area contributed by atoms with Gasteiger partial charge in [-0.25, -0.2) is 0 Å². The number of carbonyl (C=O) groups is 1. The van der Waals surface area contributed by atoms with Crippen LogP contribution in [0.1, 0.15) is 72.1 Å². The van der Waals surface area contributed by atoms with Crippen LogP contribution in [0.3, 0.4) is 0 Å². The van der Waals surface area contributed by atoms with Crippen molar-refractivity contribution in [1.29, 1.82) is 0 Å². The maximum Gasteiger partial charge on any atom is 0.245 e. The number of allylic oxidation sites excluding steroid dienone is 11. The lowest BCUT2D eigenvalue weighted by molar-refractivity contribution is -0.120. The molecule has 162 valence electrons. The topological polar surface area (TPSA) is 49.3 Å². The van der Waals surface area contributed by atoms with Crippen LogP contribution in [0.2, 0.25) is 0 Å². The van der Waals surface area contributed by atoms with Gasteiger partial charge in [0, 0.05) is 12.0 Å². The minimum Gasteiger partial charge on any atom is -0.373 e. The third-order valence-corrected chi connectivity index (χ3v) is 4.37. The van der Waals surface area contributed by atoms with E-state index in [0.717, 1.165) is 44.9 Å². The Balaban J connectivity index is 3.91. The number of amides is 1. The van der Waals surface area contributed by atoms with Crippen molar-refractivity contribution < 1.29 is 9.90 Å². The average Bonchev–Trinajstić information content (AvgIpc) is 2.70. The molecular formula is C26H41NO2. The van der Waals surface area contributed by atoms with E-state index in [1.54, 1.807) is 6.08 Å². The maximum atomic E-state index is 11.8. The molecule has 0 radical (unpaired) electrons. The summed E-state index contributed by atoms with van der Waals surface area (Å²) in [5.74, 6) is -0.198. The molecule has 29 heavy (non-hydrogen) atoms. The van der Waals surface area contributed by atoms with Crippen LogP contribution in [0.5, 0.6) is 0 Å². The molecule has 3 nitrogen and oxygen atoms in total. The Morgan fingerprint density at radius 2 is 1.34 bits per heavy atom. The Labute approximate surface area is 178 Å². The van der Waals surface area contributed by atoms with Crippen molar-refractivity contribution in [1.82, 2.24) is 5.32 Å². The molecule has 2 atom stereocenters. The van der Waals surface area contributed by atoms with Crippen LogP contribution in [0, 0.1) is 5.92 Å². The average molecular weight is 400 g/mol. The number of hydrogen-bond acceptors (Lipinski definition) is 2. The van der Waals surface area contributed by atoms with Gasteiger partial charge in [0.05, 0.1) is 0 Å². The first-order valence-electron chi connectivity index (χ1n) is 11.1. The smallest absolute Gasteiger partial charge is 0.245 e. The summed E-state index contributed by atoms with van der Waals surface area (Å²) in [6.07, 6.45) is 31.3. The van der Waals surface area contributed by atoms with Gasteiger partial charge in [-0.15, -0.1) is 0 Å². The van der Waals surface area contributed by atoms with Crippen molar-refractivity contribution in [2.75, 3.05) is 0 Å². The Kier molecular flexibility index (Phi) is 19.1. The fourth-order valence-corrected chi connectivity index (χ4v) is 2.49. The molecule has 0 saturated carbocycles. The van der Waals surface area contributed by atoms with Gasteiger partial charge in [0.2, 0.25) is 5.91 Å². The van der Waals surface area contributed by atoms with Crippen molar-refractivity contribution in [2.24, 2.45) is 5.92 Å². The highest BCUT2D eigenvalue weighted by Crippen LogP contribution is 2.11. The van der Waals surface area contributed by atoms with E-state index in [1.165, 1.54) is 12.5 Å². The first-order valence-corrected chi connectivity index (χ1v) is 11.1. The van der Waals surface area contributed by atoms with Crippen molar-refractivity contribution in [3.63, 3.8) is 0 Å². The molecule has 0 aliphatic heterocycles. The van der Waals surface area contributed by atoms with E-state index in [4.69, 9.17) is 0 Å². The summed E-state index contributed by atoms with van der Waals surface area (Å²) in [6, 6.07) is 0. The molecule has 0 heterocycles. The van der Waals surface area contributed by atoms with Crippen molar-refractivity contribution >= 4 is 5.91 Å². The third kappa shape index (κ3) is 19.0. The molecule has 2 N–H and O–H groups in total. The van der Waals surface area contributed by atoms with Crippen LogP contribution in [0.25, 0.3) is 0 Å². The molecule has 0 fully saturated rings. The summed E-state index contributed by atoms with van der Waals surface area (Å²) in [4.78, 5) is 11.8. The Bertz CT molecular complexity index is 567. The van der Waals surface area contributed by atoms with Crippen LogP contribution in [-0.4, -0.2) is 17.2 Å². The van der Waals surface area contributed by atoms with Gasteiger partial charge < -0.3 is 10.4 Å². The maximum absolute atomic E-state index is 11.8. The first-order chi connectivity index (χ1) is 14.1. The Morgan fingerprint density at radius 3 is 1.90 bits per heavy atom. The molecular weight excluding hydrogens is 358 g/mol. The van der Waals surface area contributed by atoms with Crippen molar-refractivity contribution in [3.05, 3.63) is 72.9 Å². The van der Waals surface area contributed by atoms with Crippen LogP contribution >= 0.6 is 0 Å². The first kappa shape index (κ1) is 26.9. The lowest BCUT2D eigenvalue weighted by Crippen LogP contribution is -2.38. The molecule has 0 aromatic rings. The van der Waals surface area contributed by atoms with Gasteiger partial charge >= 0.3 is 0 Å². The second-order valence-corrected chi connectivity index (χ2v) is 7.21. The number of hydrogen-bond donors (Lipinski definition) is 2. The molecule has 0 aliphatic carbocycles. The summed E-state index contributed by atoms with van der Waals surface area (Å²) in [5.41, 5.74) is 0. The predicted molar refractivity (Wildman–Crippen MR) is 126 cm³/mol. The molecule has 0 saturated heterocycles. The van der Waals surface area contributed by atoms with E-state index >= 15 is 0 Å². The predicted octanol–water partition coefficient (Wildman–Crippen LogP) is 6.55. The third-order valence-electron chi connectivity index (χ3n) is 4.37. The Hall–Kier alpha value is -2.13. The normalized spacial score (nSPS) is 15.0. The number of nitrogens with one attached hydrogen (secondary N) is 1. The molecule has 0 aromatic heterocycles.